The number of hydrogen-bond donors (Lipinski definition) is 6. The molecule has 0 saturated carbocycles. The number of carbonyl (C=O) groups is 2. The van der Waals surface area contributed by atoms with Crippen molar-refractivity contribution in [3.05, 3.63) is 42.0 Å². The lowest BCUT2D eigenvalue weighted by atomic mass is 10.0. The third kappa shape index (κ3) is 5.89. The van der Waals surface area contributed by atoms with Crippen molar-refractivity contribution in [2.75, 3.05) is 6.61 Å². The number of imide groups is 1. The van der Waals surface area contributed by atoms with Crippen LogP contribution in [0.1, 0.15) is 5.56 Å². The number of rotatable bonds is 7. The molecule has 2 amide bonds. The number of nitrogens with one attached hydrogen (secondary N) is 1. The van der Waals surface area contributed by atoms with Crippen molar-refractivity contribution >= 4 is 17.9 Å². The van der Waals surface area contributed by atoms with Gasteiger partial charge in [0.2, 0.25) is 0 Å². The molecule has 0 spiro atoms. The molecule has 0 radical (unpaired) electrons. The van der Waals surface area contributed by atoms with Crippen LogP contribution in [-0.2, 0) is 9.59 Å². The Labute approximate surface area is 132 Å². The molecule has 1 rings (SSSR count). The normalized spacial score (nSPS) is 16.6. The topological polar surface area (TPSA) is 147 Å². The first kappa shape index (κ1) is 18.9. The highest BCUT2D eigenvalue weighted by Crippen LogP contribution is 2.05. The summed E-state index contributed by atoms with van der Waals surface area (Å²) in [5, 5.41) is 48.0. The minimum atomic E-state index is -2.15. The average molecular weight is 325 g/mol. The number of benzene rings is 1. The first-order chi connectivity index (χ1) is 10.9. The van der Waals surface area contributed by atoms with Crippen LogP contribution in [0.25, 0.3) is 6.08 Å². The lowest BCUT2D eigenvalue weighted by Gasteiger charge is -2.24. The number of aliphatic hydroxyl groups is 5. The summed E-state index contributed by atoms with van der Waals surface area (Å²) in [6, 6.07) is 8.78. The summed E-state index contributed by atoms with van der Waals surface area (Å²) >= 11 is 0. The predicted octanol–water partition coefficient (Wildman–Crippen LogP) is -2.22. The van der Waals surface area contributed by atoms with Crippen molar-refractivity contribution in [1.82, 2.24) is 5.32 Å². The molecule has 8 nitrogen and oxygen atoms in total. The van der Waals surface area contributed by atoms with Gasteiger partial charge in [-0.05, 0) is 11.6 Å². The van der Waals surface area contributed by atoms with Gasteiger partial charge in [-0.15, -0.1) is 0 Å². The van der Waals surface area contributed by atoms with E-state index in [9.17, 15) is 24.9 Å². The van der Waals surface area contributed by atoms with E-state index in [4.69, 9.17) is 10.2 Å². The Morgan fingerprint density at radius 1 is 1.04 bits per heavy atom. The Morgan fingerprint density at radius 3 is 2.22 bits per heavy atom. The van der Waals surface area contributed by atoms with Crippen molar-refractivity contribution < 1.29 is 35.1 Å². The fourth-order valence-corrected chi connectivity index (χ4v) is 1.65. The molecule has 0 bridgehead atoms. The van der Waals surface area contributed by atoms with E-state index in [2.05, 4.69) is 0 Å². The molecule has 23 heavy (non-hydrogen) atoms. The molecule has 0 aliphatic heterocycles. The van der Waals surface area contributed by atoms with Crippen LogP contribution in [-0.4, -0.2) is 68.4 Å². The fourth-order valence-electron chi connectivity index (χ4n) is 1.65. The van der Waals surface area contributed by atoms with E-state index in [1.165, 1.54) is 6.08 Å². The molecule has 0 aliphatic carbocycles. The van der Waals surface area contributed by atoms with Crippen LogP contribution in [0.2, 0.25) is 0 Å². The molecule has 1 aromatic carbocycles. The molecule has 0 heterocycles. The summed E-state index contributed by atoms with van der Waals surface area (Å²) in [5.41, 5.74) is 0.720. The van der Waals surface area contributed by atoms with E-state index in [0.717, 1.165) is 11.6 Å². The minimum Gasteiger partial charge on any atom is -0.394 e. The van der Waals surface area contributed by atoms with Gasteiger partial charge in [-0.25, -0.2) is 0 Å². The summed E-state index contributed by atoms with van der Waals surface area (Å²) in [6.07, 6.45) is -5.40. The molecule has 1 aromatic rings. The zero-order valence-corrected chi connectivity index (χ0v) is 12.1. The van der Waals surface area contributed by atoms with Crippen molar-refractivity contribution in [3.63, 3.8) is 0 Å². The summed E-state index contributed by atoms with van der Waals surface area (Å²) in [6.45, 7) is -0.870. The molecule has 4 atom stereocenters. The van der Waals surface area contributed by atoms with E-state index in [1.807, 2.05) is 5.32 Å². The van der Waals surface area contributed by atoms with E-state index >= 15 is 0 Å². The highest BCUT2D eigenvalue weighted by molar-refractivity contribution is 6.04. The van der Waals surface area contributed by atoms with Crippen LogP contribution in [0.3, 0.4) is 0 Å². The van der Waals surface area contributed by atoms with Gasteiger partial charge in [-0.2, -0.15) is 0 Å². The molecule has 0 saturated heterocycles. The van der Waals surface area contributed by atoms with Crippen LogP contribution >= 0.6 is 0 Å². The van der Waals surface area contributed by atoms with Crippen molar-refractivity contribution in [2.45, 2.75) is 24.4 Å². The van der Waals surface area contributed by atoms with Crippen LogP contribution in [0.5, 0.6) is 0 Å². The maximum Gasteiger partial charge on any atom is 0.258 e. The largest absolute Gasteiger partial charge is 0.394 e. The SMILES string of the molecule is O=C(C=Cc1ccccc1)NC(=O)[C@H](O)[C@@H](O)[C@H](O)[C@H](O)CO. The Morgan fingerprint density at radius 2 is 1.65 bits per heavy atom. The molecular weight excluding hydrogens is 306 g/mol. The van der Waals surface area contributed by atoms with Gasteiger partial charge in [-0.1, -0.05) is 30.3 Å². The van der Waals surface area contributed by atoms with Gasteiger partial charge in [0.1, 0.15) is 18.3 Å². The Hall–Kier alpha value is -2.10. The fraction of sp³-hybridized carbons (Fsp3) is 0.333. The summed E-state index contributed by atoms with van der Waals surface area (Å²) in [7, 11) is 0. The number of amides is 2. The minimum absolute atomic E-state index is 0.720. The molecule has 6 N–H and O–H groups in total. The lowest BCUT2D eigenvalue weighted by Crippen LogP contribution is -2.52. The molecule has 0 aromatic heterocycles. The smallest absolute Gasteiger partial charge is 0.258 e. The third-order valence-corrected chi connectivity index (χ3v) is 3.00. The van der Waals surface area contributed by atoms with Crippen LogP contribution < -0.4 is 5.32 Å². The van der Waals surface area contributed by atoms with Crippen molar-refractivity contribution in [2.24, 2.45) is 0 Å². The monoisotopic (exact) mass is 325 g/mol. The predicted molar refractivity (Wildman–Crippen MR) is 79.7 cm³/mol. The van der Waals surface area contributed by atoms with E-state index in [0.29, 0.717) is 0 Å². The highest BCUT2D eigenvalue weighted by atomic mass is 16.4. The molecular formula is C15H19NO7. The zero-order chi connectivity index (χ0) is 17.4. The maximum absolute atomic E-state index is 11.6. The van der Waals surface area contributed by atoms with Gasteiger partial charge in [0, 0.05) is 6.08 Å². The summed E-state index contributed by atoms with van der Waals surface area (Å²) in [5.74, 6) is -2.08. The first-order valence-electron chi connectivity index (χ1n) is 6.78. The molecule has 0 fully saturated rings. The van der Waals surface area contributed by atoms with Gasteiger partial charge >= 0.3 is 0 Å². The molecule has 0 aliphatic rings. The van der Waals surface area contributed by atoms with E-state index in [1.54, 1.807) is 30.3 Å². The lowest BCUT2D eigenvalue weighted by molar-refractivity contribution is -0.150. The van der Waals surface area contributed by atoms with Crippen molar-refractivity contribution in [1.29, 1.82) is 0 Å². The third-order valence-electron chi connectivity index (χ3n) is 3.00. The van der Waals surface area contributed by atoms with E-state index in [-0.39, 0.29) is 0 Å². The second-order valence-electron chi connectivity index (χ2n) is 4.77. The van der Waals surface area contributed by atoms with Gasteiger partial charge in [0.25, 0.3) is 11.8 Å². The average Bonchev–Trinajstić information content (AvgIpc) is 2.58. The van der Waals surface area contributed by atoms with Gasteiger partial charge in [-0.3, -0.25) is 14.9 Å². The Kier molecular flexibility index (Phi) is 7.52. The maximum atomic E-state index is 11.6. The zero-order valence-electron chi connectivity index (χ0n) is 12.1. The van der Waals surface area contributed by atoms with Gasteiger partial charge < -0.3 is 25.5 Å². The van der Waals surface area contributed by atoms with Crippen LogP contribution in [0.4, 0.5) is 0 Å². The molecule has 0 unspecified atom stereocenters. The number of aliphatic hydroxyl groups excluding tert-OH is 5. The Balaban J connectivity index is 2.57. The summed E-state index contributed by atoms with van der Waals surface area (Å²) in [4.78, 5) is 23.1. The van der Waals surface area contributed by atoms with Crippen LogP contribution in [0, 0.1) is 0 Å². The Bertz CT molecular complexity index is 546. The van der Waals surface area contributed by atoms with Crippen LogP contribution in [0.15, 0.2) is 36.4 Å². The number of carbonyl (C=O) groups excluding carboxylic acids is 2. The second kappa shape index (κ2) is 9.13. The highest BCUT2D eigenvalue weighted by Gasteiger charge is 2.34. The van der Waals surface area contributed by atoms with Gasteiger partial charge in [0.05, 0.1) is 6.61 Å². The van der Waals surface area contributed by atoms with E-state index < -0.39 is 42.8 Å². The van der Waals surface area contributed by atoms with Gasteiger partial charge in [0.15, 0.2) is 6.10 Å². The quantitative estimate of drug-likeness (QED) is 0.311. The summed E-state index contributed by atoms with van der Waals surface area (Å²) < 4.78 is 0. The first-order valence-corrected chi connectivity index (χ1v) is 6.78. The molecule has 126 valence electrons. The second-order valence-corrected chi connectivity index (χ2v) is 4.77. The molecule has 8 heteroatoms. The standard InChI is InChI=1S/C15H19NO7/c17-8-10(18)12(20)13(21)14(22)15(23)16-11(19)7-6-9-4-2-1-3-5-9/h1-7,10,12-14,17-18,20-22H,8H2,(H,16,19,23)/t10-,12-,13+,14-/m1/s1. The van der Waals surface area contributed by atoms with Crippen molar-refractivity contribution in [3.8, 4) is 0 Å². The number of hydrogen-bond acceptors (Lipinski definition) is 7.